The van der Waals surface area contributed by atoms with Crippen molar-refractivity contribution in [1.82, 2.24) is 15.3 Å². The molecule has 2 N–H and O–H groups in total. The van der Waals surface area contributed by atoms with Crippen molar-refractivity contribution in [3.63, 3.8) is 0 Å². The van der Waals surface area contributed by atoms with Gasteiger partial charge in [0.25, 0.3) is 5.91 Å². The largest absolute Gasteiger partial charge is 0.364 e. The second-order valence-corrected chi connectivity index (χ2v) is 6.01. The molecule has 0 aliphatic carbocycles. The number of aryl methyl sites for hydroxylation is 3. The molecule has 5 nitrogen and oxygen atoms in total. The Morgan fingerprint density at radius 2 is 2.10 bits per heavy atom. The molecule has 0 bridgehead atoms. The van der Waals surface area contributed by atoms with E-state index in [-0.39, 0.29) is 22.9 Å². The molecular weight excluding hydrogens is 274 g/mol. The lowest BCUT2D eigenvalue weighted by Gasteiger charge is -2.12. The van der Waals surface area contributed by atoms with E-state index < -0.39 is 0 Å². The minimum absolute atomic E-state index is 0.126. The normalized spacial score (nSPS) is 12.2. The van der Waals surface area contributed by atoms with E-state index in [1.54, 1.807) is 18.3 Å². The van der Waals surface area contributed by atoms with Crippen molar-refractivity contribution in [3.05, 3.63) is 49.3 Å². The van der Waals surface area contributed by atoms with Crippen LogP contribution in [-0.2, 0) is 0 Å². The highest BCUT2D eigenvalue weighted by molar-refractivity contribution is 7.11. The third-order valence-corrected chi connectivity index (χ3v) is 4.24. The van der Waals surface area contributed by atoms with Crippen molar-refractivity contribution in [3.8, 4) is 0 Å². The van der Waals surface area contributed by atoms with Gasteiger partial charge in [-0.25, -0.2) is 4.98 Å². The number of amides is 1. The fourth-order valence-electron chi connectivity index (χ4n) is 2.04. The highest BCUT2D eigenvalue weighted by Crippen LogP contribution is 2.24. The molecule has 0 aliphatic heterocycles. The van der Waals surface area contributed by atoms with E-state index in [4.69, 9.17) is 0 Å². The van der Waals surface area contributed by atoms with Gasteiger partial charge in [0.2, 0.25) is 0 Å². The van der Waals surface area contributed by atoms with E-state index in [9.17, 15) is 9.59 Å². The monoisotopic (exact) mass is 291 g/mol. The van der Waals surface area contributed by atoms with Gasteiger partial charge in [-0.05, 0) is 27.7 Å². The summed E-state index contributed by atoms with van der Waals surface area (Å²) in [7, 11) is 0. The standard InChI is InChI=1S/C14H17N3O2S/c1-7-5-12(18)11(6-15-7)14(19)17-9(3)13-8(2)16-10(4)20-13/h5-6,9H,1-4H3,(H,15,18)(H,17,19). The van der Waals surface area contributed by atoms with Gasteiger partial charge in [-0.1, -0.05) is 0 Å². The number of pyridine rings is 1. The molecule has 0 radical (unpaired) electrons. The summed E-state index contributed by atoms with van der Waals surface area (Å²) in [6, 6.07) is 1.25. The topological polar surface area (TPSA) is 74.8 Å². The summed E-state index contributed by atoms with van der Waals surface area (Å²) in [4.78, 5) is 32.1. The molecule has 20 heavy (non-hydrogen) atoms. The van der Waals surface area contributed by atoms with E-state index in [0.29, 0.717) is 0 Å². The Labute approximate surface area is 121 Å². The van der Waals surface area contributed by atoms with Crippen LogP contribution in [0.4, 0.5) is 0 Å². The zero-order valence-corrected chi connectivity index (χ0v) is 12.7. The summed E-state index contributed by atoms with van der Waals surface area (Å²) in [5.41, 5.74) is 1.50. The number of aromatic amines is 1. The predicted molar refractivity (Wildman–Crippen MR) is 79.3 cm³/mol. The number of aromatic nitrogens is 2. The highest BCUT2D eigenvalue weighted by atomic mass is 32.1. The number of nitrogens with zero attached hydrogens (tertiary/aromatic N) is 1. The number of hydrogen-bond acceptors (Lipinski definition) is 4. The lowest BCUT2D eigenvalue weighted by molar-refractivity contribution is 0.0939. The average Bonchev–Trinajstić information content (AvgIpc) is 2.68. The summed E-state index contributed by atoms with van der Waals surface area (Å²) in [5.74, 6) is -0.371. The van der Waals surface area contributed by atoms with Crippen LogP contribution >= 0.6 is 11.3 Å². The molecule has 1 amide bonds. The van der Waals surface area contributed by atoms with Crippen LogP contribution in [-0.4, -0.2) is 15.9 Å². The van der Waals surface area contributed by atoms with Crippen molar-refractivity contribution in [2.24, 2.45) is 0 Å². The van der Waals surface area contributed by atoms with Crippen molar-refractivity contribution in [1.29, 1.82) is 0 Å². The van der Waals surface area contributed by atoms with Gasteiger partial charge in [-0.2, -0.15) is 0 Å². The van der Waals surface area contributed by atoms with Crippen LogP contribution in [0.1, 0.15) is 44.6 Å². The Morgan fingerprint density at radius 1 is 1.40 bits per heavy atom. The third kappa shape index (κ3) is 2.96. The SMILES string of the molecule is Cc1cc(=O)c(C(=O)NC(C)c2sc(C)nc2C)c[nH]1. The van der Waals surface area contributed by atoms with Gasteiger partial charge in [0.1, 0.15) is 5.56 Å². The zero-order chi connectivity index (χ0) is 14.9. The molecule has 0 fully saturated rings. The molecule has 2 heterocycles. The second kappa shape index (κ2) is 5.58. The van der Waals surface area contributed by atoms with Crippen molar-refractivity contribution < 1.29 is 4.79 Å². The van der Waals surface area contributed by atoms with Gasteiger partial charge in [0.05, 0.1) is 16.7 Å². The van der Waals surface area contributed by atoms with Gasteiger partial charge in [-0.3, -0.25) is 9.59 Å². The molecular formula is C14H17N3O2S. The Hall–Kier alpha value is -1.95. The zero-order valence-electron chi connectivity index (χ0n) is 11.9. The van der Waals surface area contributed by atoms with Crippen molar-refractivity contribution in [2.45, 2.75) is 33.7 Å². The van der Waals surface area contributed by atoms with Crippen LogP contribution in [0.2, 0.25) is 0 Å². The molecule has 2 aromatic rings. The number of nitrogens with one attached hydrogen (secondary N) is 2. The summed E-state index contributed by atoms with van der Waals surface area (Å²) in [6.07, 6.45) is 1.45. The van der Waals surface area contributed by atoms with Gasteiger partial charge < -0.3 is 10.3 Å². The van der Waals surface area contributed by atoms with E-state index in [2.05, 4.69) is 15.3 Å². The number of hydrogen-bond donors (Lipinski definition) is 2. The molecule has 2 rings (SSSR count). The fourth-order valence-corrected chi connectivity index (χ4v) is 2.97. The number of carbonyl (C=O) groups excluding carboxylic acids is 1. The number of rotatable bonds is 3. The first-order valence-corrected chi connectivity index (χ1v) is 7.14. The van der Waals surface area contributed by atoms with Gasteiger partial charge >= 0.3 is 0 Å². The molecule has 0 spiro atoms. The minimum Gasteiger partial charge on any atom is -0.364 e. The Bertz CT molecular complexity index is 703. The number of carbonyl (C=O) groups is 1. The maximum atomic E-state index is 12.1. The predicted octanol–water partition coefficient (Wildman–Crippen LogP) is 2.25. The lowest BCUT2D eigenvalue weighted by atomic mass is 10.2. The maximum Gasteiger partial charge on any atom is 0.257 e. The molecule has 1 unspecified atom stereocenters. The first-order chi connectivity index (χ1) is 9.38. The average molecular weight is 291 g/mol. The van der Waals surface area contributed by atoms with Crippen molar-refractivity contribution in [2.75, 3.05) is 0 Å². The highest BCUT2D eigenvalue weighted by Gasteiger charge is 2.17. The van der Waals surface area contributed by atoms with Crippen LogP contribution in [0.5, 0.6) is 0 Å². The first-order valence-electron chi connectivity index (χ1n) is 6.32. The molecule has 1 atom stereocenters. The Balaban J connectivity index is 2.19. The minimum atomic E-state index is -0.371. The first kappa shape index (κ1) is 14.5. The van der Waals surface area contributed by atoms with Gasteiger partial charge in [0.15, 0.2) is 5.43 Å². The van der Waals surface area contributed by atoms with Gasteiger partial charge in [-0.15, -0.1) is 11.3 Å². The number of thiazole rings is 1. The van der Waals surface area contributed by atoms with Crippen molar-refractivity contribution >= 4 is 17.2 Å². The quantitative estimate of drug-likeness (QED) is 0.910. The van der Waals surface area contributed by atoms with Crippen LogP contribution < -0.4 is 10.7 Å². The second-order valence-electron chi connectivity index (χ2n) is 4.77. The fraction of sp³-hybridized carbons (Fsp3) is 0.357. The summed E-state index contributed by atoms with van der Waals surface area (Å²) >= 11 is 1.55. The molecule has 6 heteroatoms. The summed E-state index contributed by atoms with van der Waals surface area (Å²) in [5, 5.41) is 3.80. The van der Waals surface area contributed by atoms with Gasteiger partial charge in [0, 0.05) is 22.8 Å². The Morgan fingerprint density at radius 3 is 2.65 bits per heavy atom. The van der Waals surface area contributed by atoms with E-state index >= 15 is 0 Å². The summed E-state index contributed by atoms with van der Waals surface area (Å²) < 4.78 is 0. The summed E-state index contributed by atoms with van der Waals surface area (Å²) in [6.45, 7) is 7.51. The van der Waals surface area contributed by atoms with Crippen LogP contribution in [0.25, 0.3) is 0 Å². The molecule has 0 aromatic carbocycles. The van der Waals surface area contributed by atoms with E-state index in [0.717, 1.165) is 21.3 Å². The molecule has 0 saturated carbocycles. The third-order valence-electron chi connectivity index (χ3n) is 2.98. The molecule has 2 aromatic heterocycles. The molecule has 106 valence electrons. The maximum absolute atomic E-state index is 12.1. The molecule has 0 saturated heterocycles. The smallest absolute Gasteiger partial charge is 0.257 e. The Kier molecular flexibility index (Phi) is 4.04. The van der Waals surface area contributed by atoms with E-state index in [1.807, 2.05) is 20.8 Å². The van der Waals surface area contributed by atoms with Crippen LogP contribution in [0.3, 0.4) is 0 Å². The molecule has 0 aliphatic rings. The van der Waals surface area contributed by atoms with Crippen LogP contribution in [0.15, 0.2) is 17.1 Å². The van der Waals surface area contributed by atoms with Crippen LogP contribution in [0, 0.1) is 20.8 Å². The van der Waals surface area contributed by atoms with E-state index in [1.165, 1.54) is 12.3 Å². The number of H-pyrrole nitrogens is 1. The lowest BCUT2D eigenvalue weighted by Crippen LogP contribution is -2.30.